The number of fused-ring (bicyclic) bond motifs is 2. The van der Waals surface area contributed by atoms with Gasteiger partial charge in [0.2, 0.25) is 0 Å². The Morgan fingerprint density at radius 2 is 1.88 bits per heavy atom. The van der Waals surface area contributed by atoms with Gasteiger partial charge in [0.25, 0.3) is 11.8 Å². The van der Waals surface area contributed by atoms with E-state index in [-0.39, 0.29) is 35.5 Å². The van der Waals surface area contributed by atoms with Crippen LogP contribution in [-0.2, 0) is 14.4 Å². The van der Waals surface area contributed by atoms with E-state index in [9.17, 15) is 19.5 Å². The average molecular weight is 453 g/mol. The minimum absolute atomic E-state index is 0. The van der Waals surface area contributed by atoms with E-state index < -0.39 is 24.0 Å². The Labute approximate surface area is 212 Å². The molecule has 0 aliphatic carbocycles. The molecular formula is C24H20N3NaO5. The Hall–Kier alpha value is -3.20. The summed E-state index contributed by atoms with van der Waals surface area (Å²) in [5, 5.41) is 16.8. The topological polar surface area (TPSA) is 120 Å². The van der Waals surface area contributed by atoms with Gasteiger partial charge in [-0.1, -0.05) is 30.3 Å². The molecule has 9 heteroatoms. The molecule has 2 atom stereocenters. The van der Waals surface area contributed by atoms with Gasteiger partial charge in [-0.25, -0.2) is 0 Å². The maximum atomic E-state index is 12.5. The molecule has 0 fully saturated rings. The first-order chi connectivity index (χ1) is 15.3. The molecule has 2 N–H and O–H groups in total. The SMILES string of the molecule is CC(Oc1ccc(C=C2C(=O)Nc3ccccc32)c2cccnc12)C(=O)N[C@@H](C)C(=O)[O-].[Na+]. The number of aliphatic carboxylic acids is 1. The molecule has 1 unspecified atom stereocenters. The van der Waals surface area contributed by atoms with E-state index in [4.69, 9.17) is 4.74 Å². The molecule has 3 aromatic rings. The van der Waals surface area contributed by atoms with Crippen LogP contribution in [0.25, 0.3) is 22.6 Å². The van der Waals surface area contributed by atoms with Crippen LogP contribution in [0.15, 0.2) is 54.7 Å². The first kappa shape index (κ1) is 24.4. The van der Waals surface area contributed by atoms with Crippen LogP contribution in [-0.4, -0.2) is 34.9 Å². The summed E-state index contributed by atoms with van der Waals surface area (Å²) >= 11 is 0. The van der Waals surface area contributed by atoms with Gasteiger partial charge < -0.3 is 25.3 Å². The van der Waals surface area contributed by atoms with Crippen molar-refractivity contribution in [2.45, 2.75) is 26.0 Å². The molecule has 0 radical (unpaired) electrons. The number of benzene rings is 2. The summed E-state index contributed by atoms with van der Waals surface area (Å²) in [7, 11) is 0. The van der Waals surface area contributed by atoms with Crippen molar-refractivity contribution < 1.29 is 53.8 Å². The summed E-state index contributed by atoms with van der Waals surface area (Å²) in [5.74, 6) is -1.79. The third-order valence-electron chi connectivity index (χ3n) is 5.16. The number of anilines is 1. The van der Waals surface area contributed by atoms with Gasteiger partial charge in [-0.3, -0.25) is 14.6 Å². The Bertz CT molecular complexity index is 1270. The number of carbonyl (C=O) groups is 3. The summed E-state index contributed by atoms with van der Waals surface area (Å²) < 4.78 is 5.78. The van der Waals surface area contributed by atoms with Gasteiger partial charge in [0.05, 0.1) is 12.0 Å². The second kappa shape index (κ2) is 10.2. The van der Waals surface area contributed by atoms with Gasteiger partial charge in [0.1, 0.15) is 11.3 Å². The smallest absolute Gasteiger partial charge is 0.548 e. The third kappa shape index (κ3) is 5.08. The predicted octanol–water partition coefficient (Wildman–Crippen LogP) is -1.25. The second-order valence-electron chi connectivity index (χ2n) is 7.42. The van der Waals surface area contributed by atoms with Crippen molar-refractivity contribution >= 4 is 46.0 Å². The van der Waals surface area contributed by atoms with Crippen molar-refractivity contribution in [2.75, 3.05) is 5.32 Å². The number of rotatable bonds is 6. The normalized spacial score (nSPS) is 15.2. The minimum Gasteiger partial charge on any atom is -0.548 e. The number of nitrogens with one attached hydrogen (secondary N) is 2. The summed E-state index contributed by atoms with van der Waals surface area (Å²) in [6, 6.07) is 13.4. The Balaban J connectivity index is 0.00000306. The van der Waals surface area contributed by atoms with Gasteiger partial charge in [-0.05, 0) is 43.7 Å². The van der Waals surface area contributed by atoms with Crippen LogP contribution >= 0.6 is 0 Å². The Morgan fingerprint density at radius 1 is 1.12 bits per heavy atom. The van der Waals surface area contributed by atoms with Crippen LogP contribution in [0.4, 0.5) is 5.69 Å². The number of nitrogens with zero attached hydrogens (tertiary/aromatic N) is 1. The van der Waals surface area contributed by atoms with Crippen LogP contribution in [0, 0.1) is 0 Å². The molecule has 0 bridgehead atoms. The number of carboxylic acid groups (broad SMARTS) is 1. The van der Waals surface area contributed by atoms with Crippen molar-refractivity contribution in [3.05, 3.63) is 65.9 Å². The van der Waals surface area contributed by atoms with Gasteiger partial charge in [-0.2, -0.15) is 0 Å². The number of hydrogen-bond donors (Lipinski definition) is 2. The fourth-order valence-corrected chi connectivity index (χ4v) is 3.46. The number of ether oxygens (including phenoxy) is 1. The zero-order chi connectivity index (χ0) is 22.8. The number of amides is 2. The quantitative estimate of drug-likeness (QED) is 0.356. The molecule has 0 spiro atoms. The molecule has 2 aromatic carbocycles. The van der Waals surface area contributed by atoms with Crippen molar-refractivity contribution in [2.24, 2.45) is 0 Å². The summed E-state index contributed by atoms with van der Waals surface area (Å²) in [5.41, 5.74) is 3.41. The van der Waals surface area contributed by atoms with Crippen LogP contribution in [0.2, 0.25) is 0 Å². The molecule has 33 heavy (non-hydrogen) atoms. The Kier molecular flexibility index (Phi) is 7.53. The van der Waals surface area contributed by atoms with Crippen LogP contribution < -0.4 is 50.0 Å². The second-order valence-corrected chi connectivity index (χ2v) is 7.42. The minimum atomic E-state index is -1.38. The molecule has 1 aliphatic rings. The number of pyridine rings is 1. The molecule has 1 aliphatic heterocycles. The molecule has 2 heterocycles. The maximum Gasteiger partial charge on any atom is 1.00 e. The maximum absolute atomic E-state index is 12.5. The van der Waals surface area contributed by atoms with Gasteiger partial charge in [0, 0.05) is 28.4 Å². The van der Waals surface area contributed by atoms with Crippen molar-refractivity contribution in [3.8, 4) is 5.75 Å². The van der Waals surface area contributed by atoms with Crippen molar-refractivity contribution in [3.63, 3.8) is 0 Å². The van der Waals surface area contributed by atoms with Gasteiger partial charge >= 0.3 is 29.6 Å². The van der Waals surface area contributed by atoms with E-state index in [1.165, 1.54) is 13.8 Å². The first-order valence-corrected chi connectivity index (χ1v) is 10.0. The van der Waals surface area contributed by atoms with E-state index in [0.29, 0.717) is 16.8 Å². The summed E-state index contributed by atoms with van der Waals surface area (Å²) in [6.07, 6.45) is 2.44. The van der Waals surface area contributed by atoms with Crippen LogP contribution in [0.1, 0.15) is 25.0 Å². The monoisotopic (exact) mass is 453 g/mol. The first-order valence-electron chi connectivity index (χ1n) is 10.0. The average Bonchev–Trinajstić information content (AvgIpc) is 3.10. The van der Waals surface area contributed by atoms with E-state index in [0.717, 1.165) is 22.2 Å². The fraction of sp³-hybridized carbons (Fsp3) is 0.167. The van der Waals surface area contributed by atoms with Crippen molar-refractivity contribution in [1.29, 1.82) is 0 Å². The van der Waals surface area contributed by atoms with E-state index in [1.54, 1.807) is 30.5 Å². The number of carbonyl (C=O) groups excluding carboxylic acids is 3. The molecular weight excluding hydrogens is 433 g/mol. The van der Waals surface area contributed by atoms with E-state index in [1.807, 2.05) is 30.3 Å². The molecule has 8 nitrogen and oxygen atoms in total. The summed E-state index contributed by atoms with van der Waals surface area (Å²) in [6.45, 7) is 2.83. The van der Waals surface area contributed by atoms with Gasteiger partial charge in [0.15, 0.2) is 6.10 Å². The fourth-order valence-electron chi connectivity index (χ4n) is 3.46. The zero-order valence-electron chi connectivity index (χ0n) is 18.4. The van der Waals surface area contributed by atoms with E-state index >= 15 is 0 Å². The molecule has 0 saturated carbocycles. The number of aromatic nitrogens is 1. The molecule has 4 rings (SSSR count). The molecule has 0 saturated heterocycles. The van der Waals surface area contributed by atoms with Crippen LogP contribution in [0.5, 0.6) is 5.75 Å². The van der Waals surface area contributed by atoms with Crippen molar-refractivity contribution in [1.82, 2.24) is 10.3 Å². The molecule has 162 valence electrons. The zero-order valence-corrected chi connectivity index (χ0v) is 20.4. The number of para-hydroxylation sites is 1. The molecule has 2 amide bonds. The predicted molar refractivity (Wildman–Crippen MR) is 117 cm³/mol. The number of carboxylic acids is 1. The van der Waals surface area contributed by atoms with E-state index in [2.05, 4.69) is 15.6 Å². The van der Waals surface area contributed by atoms with Crippen LogP contribution in [0.3, 0.4) is 0 Å². The Morgan fingerprint density at radius 3 is 2.64 bits per heavy atom. The largest absolute Gasteiger partial charge is 1.00 e. The van der Waals surface area contributed by atoms with Gasteiger partial charge in [-0.15, -0.1) is 0 Å². The summed E-state index contributed by atoms with van der Waals surface area (Å²) in [4.78, 5) is 40.0. The standard InChI is InChI=1S/C24H21N3O5.Na/c1-13(24(30)31)26-22(28)14(2)32-20-10-9-15(16-7-5-11-25-21(16)20)12-18-17-6-3-4-8-19(17)27-23(18)29;/h3-14H,1-2H3,(H,26,28)(H,27,29)(H,30,31);/q;+1/p-1/t13-,14?;/m0./s1. The molecule has 1 aromatic heterocycles. The number of hydrogen-bond acceptors (Lipinski definition) is 6. The third-order valence-corrected chi connectivity index (χ3v) is 5.16.